The van der Waals surface area contributed by atoms with Gasteiger partial charge in [-0.05, 0) is 26.8 Å². The Balaban J connectivity index is 2.51. The lowest BCUT2D eigenvalue weighted by Gasteiger charge is -2.45. The highest BCUT2D eigenvalue weighted by Crippen LogP contribution is 2.39. The van der Waals surface area contributed by atoms with Crippen LogP contribution in [0.3, 0.4) is 0 Å². The zero-order chi connectivity index (χ0) is 14.6. The van der Waals surface area contributed by atoms with Gasteiger partial charge in [0.25, 0.3) is 0 Å². The van der Waals surface area contributed by atoms with Crippen LogP contribution in [0, 0.1) is 5.82 Å². The van der Waals surface area contributed by atoms with E-state index in [1.165, 1.54) is 6.07 Å². The van der Waals surface area contributed by atoms with Crippen LogP contribution in [0.5, 0.6) is 0 Å². The molecule has 8 heteroatoms. The molecule has 0 radical (unpaired) electrons. The lowest BCUT2D eigenvalue weighted by Crippen LogP contribution is -2.69. The minimum Gasteiger partial charge on any atom is -0.315 e. The Labute approximate surface area is 121 Å². The van der Waals surface area contributed by atoms with Crippen LogP contribution >= 0.6 is 24.0 Å². The van der Waals surface area contributed by atoms with E-state index in [9.17, 15) is 12.8 Å². The number of halogens is 1. The molecule has 1 fully saturated rings. The molecule has 1 aliphatic rings. The Morgan fingerprint density at radius 1 is 1.53 bits per heavy atom. The highest BCUT2D eigenvalue weighted by Gasteiger charge is 2.52. The summed E-state index contributed by atoms with van der Waals surface area (Å²) in [7, 11) is -3.45. The van der Waals surface area contributed by atoms with E-state index in [1.807, 2.05) is 0 Å². The van der Waals surface area contributed by atoms with Crippen LogP contribution in [-0.4, -0.2) is 25.1 Å². The molecule has 1 saturated heterocycles. The fraction of sp³-hybridized carbons (Fsp3) is 0.636. The molecule has 2 atom stereocenters. The van der Waals surface area contributed by atoms with Crippen LogP contribution in [0.1, 0.15) is 25.6 Å². The van der Waals surface area contributed by atoms with E-state index in [-0.39, 0.29) is 5.75 Å². The van der Waals surface area contributed by atoms with Crippen LogP contribution in [0.15, 0.2) is 10.3 Å². The minimum absolute atomic E-state index is 0.189. The molecule has 2 unspecified atom stereocenters. The van der Waals surface area contributed by atoms with Gasteiger partial charge in [-0.15, -0.1) is 24.0 Å². The second kappa shape index (κ2) is 4.42. The molecule has 4 nitrogen and oxygen atoms in total. The Morgan fingerprint density at radius 2 is 2.11 bits per heavy atom. The first-order valence-corrected chi connectivity index (χ1v) is 8.65. The van der Waals surface area contributed by atoms with Crippen molar-refractivity contribution in [3.8, 4) is 0 Å². The summed E-state index contributed by atoms with van der Waals surface area (Å²) in [5.74, 6) is -0.641. The maximum atomic E-state index is 13.9. The summed E-state index contributed by atoms with van der Waals surface area (Å²) in [5.41, 5.74) is 4.91. The van der Waals surface area contributed by atoms with Gasteiger partial charge in [0.15, 0.2) is 9.84 Å². The third-order valence-electron chi connectivity index (χ3n) is 3.68. The molecule has 0 aromatic carbocycles. The lowest BCUT2D eigenvalue weighted by atomic mass is 9.99. The van der Waals surface area contributed by atoms with Gasteiger partial charge >= 0.3 is 0 Å². The number of sulfone groups is 1. The smallest absolute Gasteiger partial charge is 0.160 e. The van der Waals surface area contributed by atoms with Gasteiger partial charge in [0.1, 0.15) is 5.82 Å². The van der Waals surface area contributed by atoms with Crippen molar-refractivity contribution in [1.82, 2.24) is 5.32 Å². The van der Waals surface area contributed by atoms with Crippen molar-refractivity contribution < 1.29 is 12.8 Å². The van der Waals surface area contributed by atoms with E-state index in [1.54, 1.807) is 20.8 Å². The molecule has 108 valence electrons. The van der Waals surface area contributed by atoms with Crippen LogP contribution in [0.2, 0.25) is 0 Å². The van der Waals surface area contributed by atoms with Crippen molar-refractivity contribution in [1.29, 1.82) is 0 Å². The van der Waals surface area contributed by atoms with Crippen molar-refractivity contribution in [3.05, 3.63) is 16.8 Å². The Morgan fingerprint density at radius 3 is 2.53 bits per heavy atom. The summed E-state index contributed by atoms with van der Waals surface area (Å²) in [6.07, 6.45) is -0.763. The molecule has 1 aliphatic heterocycles. The van der Waals surface area contributed by atoms with Crippen LogP contribution in [-0.2, 0) is 15.4 Å². The number of nitrogens with two attached hydrogens (primary N) is 1. The molecule has 1 aromatic rings. The number of hydrogen-bond donors (Lipinski definition) is 3. The SMILES string of the molecule is CC1(c2sc(S)cc2F)CS(=O)(=O)C(C)(C)C(N)N1. The number of nitrogens with one attached hydrogen (secondary N) is 1. The van der Waals surface area contributed by atoms with Crippen molar-refractivity contribution in [2.24, 2.45) is 5.73 Å². The molecule has 0 saturated carbocycles. The third-order valence-corrected chi connectivity index (χ3v) is 8.07. The molecule has 0 bridgehead atoms. The second-order valence-corrected chi connectivity index (χ2v) is 9.99. The molecule has 0 spiro atoms. The van der Waals surface area contributed by atoms with E-state index in [4.69, 9.17) is 5.73 Å². The molecule has 19 heavy (non-hydrogen) atoms. The predicted octanol–water partition coefficient (Wildman–Crippen LogP) is 1.47. The summed E-state index contributed by atoms with van der Waals surface area (Å²) in [6, 6.07) is 1.29. The van der Waals surface area contributed by atoms with Crippen molar-refractivity contribution in [2.45, 2.75) is 41.4 Å². The molecule has 1 aromatic heterocycles. The second-order valence-electron chi connectivity index (χ2n) is 5.58. The van der Waals surface area contributed by atoms with Gasteiger partial charge in [-0.1, -0.05) is 0 Å². The quantitative estimate of drug-likeness (QED) is 0.684. The van der Waals surface area contributed by atoms with Gasteiger partial charge in [0, 0.05) is 0 Å². The summed E-state index contributed by atoms with van der Waals surface area (Å²) >= 11 is 5.23. The minimum atomic E-state index is -3.45. The molecular weight excluding hydrogens is 307 g/mol. The highest BCUT2D eigenvalue weighted by atomic mass is 32.2. The van der Waals surface area contributed by atoms with E-state index < -0.39 is 32.1 Å². The first-order chi connectivity index (χ1) is 8.49. The highest BCUT2D eigenvalue weighted by molar-refractivity contribution is 7.92. The first-order valence-electron chi connectivity index (χ1n) is 5.74. The lowest BCUT2D eigenvalue weighted by molar-refractivity contribution is 0.277. The average molecular weight is 324 g/mol. The maximum Gasteiger partial charge on any atom is 0.160 e. The van der Waals surface area contributed by atoms with Gasteiger partial charge in [0.05, 0.1) is 31.3 Å². The van der Waals surface area contributed by atoms with E-state index in [0.717, 1.165) is 11.3 Å². The fourth-order valence-corrected chi connectivity index (χ4v) is 5.35. The van der Waals surface area contributed by atoms with Crippen molar-refractivity contribution >= 4 is 33.8 Å². The zero-order valence-corrected chi connectivity index (χ0v) is 13.4. The Kier molecular flexibility index (Phi) is 3.55. The number of rotatable bonds is 1. The van der Waals surface area contributed by atoms with Gasteiger partial charge in [-0.3, -0.25) is 5.32 Å². The maximum absolute atomic E-state index is 13.9. The van der Waals surface area contributed by atoms with E-state index in [0.29, 0.717) is 9.09 Å². The van der Waals surface area contributed by atoms with Gasteiger partial charge in [-0.2, -0.15) is 0 Å². The standard InChI is InChI=1S/C11H17FN2O2S3/c1-10(2)9(13)14-11(3,5-19(10,15)16)8-6(12)4-7(17)18-8/h4,9,14,17H,5,13H2,1-3H3. The molecular formula is C11H17FN2O2S3. The predicted molar refractivity (Wildman–Crippen MR) is 77.9 cm³/mol. The number of hydrogen-bond acceptors (Lipinski definition) is 6. The van der Waals surface area contributed by atoms with E-state index >= 15 is 0 Å². The molecule has 3 N–H and O–H groups in total. The summed E-state index contributed by atoms with van der Waals surface area (Å²) in [4.78, 5) is 0.326. The van der Waals surface area contributed by atoms with Crippen LogP contribution in [0.25, 0.3) is 0 Å². The Bertz CT molecular complexity index is 611. The van der Waals surface area contributed by atoms with Gasteiger partial charge in [-0.25, -0.2) is 12.8 Å². The normalized spacial score (nSPS) is 33.3. The topological polar surface area (TPSA) is 72.2 Å². The molecule has 2 rings (SSSR count). The molecule has 2 heterocycles. The average Bonchev–Trinajstić information content (AvgIpc) is 2.55. The molecule has 0 aliphatic carbocycles. The fourth-order valence-electron chi connectivity index (χ4n) is 2.18. The van der Waals surface area contributed by atoms with E-state index in [2.05, 4.69) is 17.9 Å². The molecule has 0 amide bonds. The summed E-state index contributed by atoms with van der Waals surface area (Å²) in [6.45, 7) is 4.81. The van der Waals surface area contributed by atoms with Crippen molar-refractivity contribution in [2.75, 3.05) is 5.75 Å². The summed E-state index contributed by atoms with van der Waals surface area (Å²) < 4.78 is 38.1. The third kappa shape index (κ3) is 2.33. The first kappa shape index (κ1) is 15.2. The van der Waals surface area contributed by atoms with Crippen LogP contribution < -0.4 is 11.1 Å². The van der Waals surface area contributed by atoms with Crippen molar-refractivity contribution in [3.63, 3.8) is 0 Å². The largest absolute Gasteiger partial charge is 0.315 e. The number of thiol groups is 1. The van der Waals surface area contributed by atoms with Gasteiger partial charge in [0.2, 0.25) is 0 Å². The van der Waals surface area contributed by atoms with Gasteiger partial charge < -0.3 is 5.73 Å². The zero-order valence-electron chi connectivity index (χ0n) is 10.9. The Hall–Kier alpha value is -0.150. The monoisotopic (exact) mass is 324 g/mol. The van der Waals surface area contributed by atoms with Crippen LogP contribution in [0.4, 0.5) is 4.39 Å². The summed E-state index contributed by atoms with van der Waals surface area (Å²) in [5, 5.41) is 3.04. The number of thiophene rings is 1.